The van der Waals surface area contributed by atoms with Gasteiger partial charge in [-0.25, -0.2) is 4.98 Å². The van der Waals surface area contributed by atoms with Crippen molar-refractivity contribution in [3.8, 4) is 5.75 Å². The van der Waals surface area contributed by atoms with Gasteiger partial charge in [-0.1, -0.05) is 13.0 Å². The first-order valence-electron chi connectivity index (χ1n) is 6.97. The van der Waals surface area contributed by atoms with Gasteiger partial charge in [-0.3, -0.25) is 0 Å². The molecule has 0 fully saturated rings. The number of para-hydroxylation sites is 1. The maximum atomic E-state index is 6.01. The third-order valence-corrected chi connectivity index (χ3v) is 3.42. The molecule has 5 heteroatoms. The number of nitrogens with zero attached hydrogens (tertiary/aromatic N) is 2. The van der Waals surface area contributed by atoms with Gasteiger partial charge in [0.25, 0.3) is 0 Å². The van der Waals surface area contributed by atoms with Crippen LogP contribution in [0.15, 0.2) is 18.2 Å². The molecule has 0 saturated carbocycles. The van der Waals surface area contributed by atoms with Crippen LogP contribution in [0.2, 0.25) is 0 Å². The average Bonchev–Trinajstić information content (AvgIpc) is 2.85. The van der Waals surface area contributed by atoms with Gasteiger partial charge in [0.15, 0.2) is 0 Å². The second kappa shape index (κ2) is 7.50. The molecule has 0 N–H and O–H groups in total. The lowest BCUT2D eigenvalue weighted by molar-refractivity contribution is 0.129. The topological polar surface area (TPSA) is 36.3 Å². The van der Waals surface area contributed by atoms with Crippen LogP contribution in [0.3, 0.4) is 0 Å². The average molecular weight is 297 g/mol. The van der Waals surface area contributed by atoms with Gasteiger partial charge < -0.3 is 14.0 Å². The van der Waals surface area contributed by atoms with E-state index in [1.807, 2.05) is 18.2 Å². The Kier molecular flexibility index (Phi) is 5.68. The first-order valence-corrected chi connectivity index (χ1v) is 7.51. The van der Waals surface area contributed by atoms with E-state index in [4.69, 9.17) is 21.1 Å². The number of hydrogen-bond donors (Lipinski definition) is 0. The number of imidazole rings is 1. The fraction of sp³-hybridized carbons (Fsp3) is 0.533. The lowest BCUT2D eigenvalue weighted by Gasteiger charge is -2.08. The molecule has 1 heterocycles. The van der Waals surface area contributed by atoms with E-state index in [1.54, 1.807) is 7.11 Å². The van der Waals surface area contributed by atoms with Crippen molar-refractivity contribution < 1.29 is 9.47 Å². The summed E-state index contributed by atoms with van der Waals surface area (Å²) < 4.78 is 13.0. The van der Waals surface area contributed by atoms with Crippen LogP contribution in [0.5, 0.6) is 5.75 Å². The minimum absolute atomic E-state index is 0.396. The Hall–Kier alpha value is -1.26. The number of aromatic nitrogens is 2. The monoisotopic (exact) mass is 296 g/mol. The molecule has 2 rings (SSSR count). The molecule has 0 aliphatic rings. The largest absolute Gasteiger partial charge is 0.494 e. The summed E-state index contributed by atoms with van der Waals surface area (Å²) in [5, 5.41) is 0. The molecule has 0 saturated heterocycles. The third kappa shape index (κ3) is 3.25. The van der Waals surface area contributed by atoms with Gasteiger partial charge in [-0.15, -0.1) is 11.6 Å². The zero-order valence-corrected chi connectivity index (χ0v) is 12.8. The molecule has 0 atom stereocenters. The van der Waals surface area contributed by atoms with Crippen molar-refractivity contribution >= 4 is 22.6 Å². The molecule has 0 spiro atoms. The van der Waals surface area contributed by atoms with Gasteiger partial charge >= 0.3 is 0 Å². The Bertz CT molecular complexity index is 554. The minimum atomic E-state index is 0.396. The first kappa shape index (κ1) is 15.1. The highest BCUT2D eigenvalue weighted by atomic mass is 35.5. The number of hydrogen-bond acceptors (Lipinski definition) is 3. The number of rotatable bonds is 8. The highest BCUT2D eigenvalue weighted by Gasteiger charge is 2.12. The summed E-state index contributed by atoms with van der Waals surface area (Å²) >= 11 is 6.01. The van der Waals surface area contributed by atoms with Gasteiger partial charge in [0, 0.05) is 19.8 Å². The van der Waals surface area contributed by atoms with E-state index in [2.05, 4.69) is 16.5 Å². The minimum Gasteiger partial charge on any atom is -0.494 e. The summed E-state index contributed by atoms with van der Waals surface area (Å²) in [6.07, 6.45) is 2.00. The number of aryl methyl sites for hydroxylation is 1. The summed E-state index contributed by atoms with van der Waals surface area (Å²) in [6.45, 7) is 4.55. The number of alkyl halides is 1. The van der Waals surface area contributed by atoms with Gasteiger partial charge in [-0.05, 0) is 25.0 Å². The molecular formula is C15H21ClN2O2. The second-order valence-corrected chi connectivity index (χ2v) is 4.87. The van der Waals surface area contributed by atoms with Crippen LogP contribution in [0.25, 0.3) is 11.0 Å². The molecule has 0 amide bonds. The van der Waals surface area contributed by atoms with Crippen molar-refractivity contribution in [2.75, 3.05) is 20.3 Å². The van der Waals surface area contributed by atoms with Crippen molar-refractivity contribution in [2.45, 2.75) is 32.2 Å². The highest BCUT2D eigenvalue weighted by molar-refractivity contribution is 6.16. The van der Waals surface area contributed by atoms with Crippen LogP contribution < -0.4 is 4.74 Å². The third-order valence-electron chi connectivity index (χ3n) is 3.18. The Morgan fingerprint density at radius 2 is 2.15 bits per heavy atom. The Balaban J connectivity index is 2.18. The molecule has 0 aliphatic carbocycles. The molecular weight excluding hydrogens is 276 g/mol. The predicted octanol–water partition coefficient (Wildman–Crippen LogP) is 3.60. The Labute approximate surface area is 124 Å². The number of methoxy groups -OCH3 is 1. The van der Waals surface area contributed by atoms with E-state index in [-0.39, 0.29) is 0 Å². The zero-order chi connectivity index (χ0) is 14.4. The predicted molar refractivity (Wildman–Crippen MR) is 81.6 cm³/mol. The van der Waals surface area contributed by atoms with Crippen molar-refractivity contribution in [2.24, 2.45) is 0 Å². The molecule has 0 unspecified atom stereocenters. The van der Waals surface area contributed by atoms with Crippen LogP contribution in [0.4, 0.5) is 0 Å². The molecule has 4 nitrogen and oxygen atoms in total. The van der Waals surface area contributed by atoms with Gasteiger partial charge in [0.2, 0.25) is 0 Å². The van der Waals surface area contributed by atoms with E-state index in [0.717, 1.165) is 55.2 Å². The maximum absolute atomic E-state index is 6.01. The normalized spacial score (nSPS) is 11.2. The van der Waals surface area contributed by atoms with Crippen molar-refractivity contribution in [3.05, 3.63) is 24.0 Å². The quantitative estimate of drug-likeness (QED) is 0.551. The highest BCUT2D eigenvalue weighted by Crippen LogP contribution is 2.26. The van der Waals surface area contributed by atoms with E-state index in [1.165, 1.54) is 0 Å². The Morgan fingerprint density at radius 1 is 1.30 bits per heavy atom. The Morgan fingerprint density at radius 3 is 2.85 bits per heavy atom. The second-order valence-electron chi connectivity index (χ2n) is 4.61. The number of ether oxygens (including phenoxy) is 2. The fourth-order valence-corrected chi connectivity index (χ4v) is 2.46. The molecule has 1 aromatic carbocycles. The van der Waals surface area contributed by atoms with Crippen LogP contribution in [-0.2, 0) is 17.2 Å². The molecule has 20 heavy (non-hydrogen) atoms. The summed E-state index contributed by atoms with van der Waals surface area (Å²) in [6, 6.07) is 5.95. The van der Waals surface area contributed by atoms with Crippen molar-refractivity contribution in [1.82, 2.24) is 9.55 Å². The van der Waals surface area contributed by atoms with Crippen molar-refractivity contribution in [1.29, 1.82) is 0 Å². The van der Waals surface area contributed by atoms with Crippen LogP contribution >= 0.6 is 11.6 Å². The maximum Gasteiger partial charge on any atom is 0.146 e. The van der Waals surface area contributed by atoms with E-state index >= 15 is 0 Å². The van der Waals surface area contributed by atoms with E-state index in [9.17, 15) is 0 Å². The SMILES string of the molecule is CCCOCCCn1c(CCl)nc2c(OC)cccc21. The summed E-state index contributed by atoms with van der Waals surface area (Å²) in [5.74, 6) is 2.06. The van der Waals surface area contributed by atoms with Gasteiger partial charge in [0.05, 0.1) is 18.5 Å². The molecule has 0 bridgehead atoms. The molecule has 0 radical (unpaired) electrons. The number of benzene rings is 1. The van der Waals surface area contributed by atoms with Crippen LogP contribution in [0.1, 0.15) is 25.6 Å². The summed E-state index contributed by atoms with van der Waals surface area (Å²) in [7, 11) is 1.66. The molecule has 0 aliphatic heterocycles. The summed E-state index contributed by atoms with van der Waals surface area (Å²) in [5.41, 5.74) is 1.94. The number of halogens is 1. The van der Waals surface area contributed by atoms with Crippen LogP contribution in [0, 0.1) is 0 Å². The number of fused-ring (bicyclic) bond motifs is 1. The zero-order valence-electron chi connectivity index (χ0n) is 12.1. The van der Waals surface area contributed by atoms with Crippen LogP contribution in [-0.4, -0.2) is 29.9 Å². The van der Waals surface area contributed by atoms with E-state index < -0.39 is 0 Å². The van der Waals surface area contributed by atoms with Crippen molar-refractivity contribution in [3.63, 3.8) is 0 Å². The van der Waals surface area contributed by atoms with Gasteiger partial charge in [0.1, 0.15) is 17.1 Å². The fourth-order valence-electron chi connectivity index (χ4n) is 2.26. The smallest absolute Gasteiger partial charge is 0.146 e. The standard InChI is InChI=1S/C15H21ClN2O2/c1-3-9-20-10-5-8-18-12-6-4-7-13(19-2)15(12)17-14(18)11-16/h4,6-7H,3,5,8-11H2,1-2H3. The molecule has 1 aromatic heterocycles. The van der Waals surface area contributed by atoms with E-state index in [0.29, 0.717) is 5.88 Å². The first-order chi connectivity index (χ1) is 9.81. The van der Waals surface area contributed by atoms with Gasteiger partial charge in [-0.2, -0.15) is 0 Å². The lowest BCUT2D eigenvalue weighted by atomic mass is 10.3. The lowest BCUT2D eigenvalue weighted by Crippen LogP contribution is -2.06. The molecule has 2 aromatic rings. The summed E-state index contributed by atoms with van der Waals surface area (Å²) in [4.78, 5) is 4.58. The molecule has 110 valence electrons.